The van der Waals surface area contributed by atoms with E-state index in [-0.39, 0.29) is 12.3 Å². The van der Waals surface area contributed by atoms with Gasteiger partial charge in [0.25, 0.3) is 0 Å². The molecule has 1 aromatic rings. The molecule has 1 aromatic heterocycles. The molecule has 0 bridgehead atoms. The fourth-order valence-corrected chi connectivity index (χ4v) is 1.60. The Hall–Kier alpha value is -1.50. The van der Waals surface area contributed by atoms with E-state index >= 15 is 0 Å². The van der Waals surface area contributed by atoms with Crippen LogP contribution in [0.2, 0.25) is 0 Å². The third-order valence-corrected chi connectivity index (χ3v) is 2.39. The lowest BCUT2D eigenvalue weighted by Gasteiger charge is -2.06. The molecule has 0 aromatic carbocycles. The van der Waals surface area contributed by atoms with E-state index in [0.29, 0.717) is 13.2 Å². The molecule has 7 heteroatoms. The average molecular weight is 212 g/mol. The maximum atomic E-state index is 10.4. The SMILES string of the molecule is O=C(O)CCn1nnnc1C1CCOC1. The molecule has 0 radical (unpaired) electrons. The number of aryl methyl sites for hydroxylation is 1. The number of aromatic nitrogens is 4. The number of aliphatic carboxylic acids is 1. The van der Waals surface area contributed by atoms with E-state index < -0.39 is 5.97 Å². The van der Waals surface area contributed by atoms with Gasteiger partial charge in [-0.05, 0) is 16.8 Å². The second-order valence-corrected chi connectivity index (χ2v) is 3.46. The van der Waals surface area contributed by atoms with Gasteiger partial charge in [-0.2, -0.15) is 0 Å². The highest BCUT2D eigenvalue weighted by Crippen LogP contribution is 2.22. The Morgan fingerprint density at radius 1 is 1.67 bits per heavy atom. The molecule has 1 N–H and O–H groups in total. The zero-order valence-corrected chi connectivity index (χ0v) is 8.17. The number of hydrogen-bond acceptors (Lipinski definition) is 5. The number of rotatable bonds is 4. The molecule has 1 fully saturated rings. The first-order chi connectivity index (χ1) is 7.27. The summed E-state index contributed by atoms with van der Waals surface area (Å²) in [6, 6.07) is 0. The average Bonchev–Trinajstić information content (AvgIpc) is 2.85. The molecule has 1 aliphatic rings. The van der Waals surface area contributed by atoms with Crippen LogP contribution < -0.4 is 0 Å². The zero-order valence-electron chi connectivity index (χ0n) is 8.17. The molecule has 0 aliphatic carbocycles. The minimum absolute atomic E-state index is 0.0334. The Morgan fingerprint density at radius 2 is 2.53 bits per heavy atom. The van der Waals surface area contributed by atoms with Gasteiger partial charge < -0.3 is 9.84 Å². The molecule has 0 spiro atoms. The largest absolute Gasteiger partial charge is 0.481 e. The molecule has 1 unspecified atom stereocenters. The summed E-state index contributed by atoms with van der Waals surface area (Å²) < 4.78 is 6.79. The number of ether oxygens (including phenoxy) is 1. The van der Waals surface area contributed by atoms with Crippen LogP contribution in [-0.4, -0.2) is 44.5 Å². The second kappa shape index (κ2) is 4.35. The maximum absolute atomic E-state index is 10.4. The summed E-state index contributed by atoms with van der Waals surface area (Å²) >= 11 is 0. The summed E-state index contributed by atoms with van der Waals surface area (Å²) in [6.07, 6.45) is 0.930. The number of carboxylic acid groups (broad SMARTS) is 1. The molecule has 0 amide bonds. The lowest BCUT2D eigenvalue weighted by molar-refractivity contribution is -0.137. The summed E-state index contributed by atoms with van der Waals surface area (Å²) in [5.41, 5.74) is 0. The lowest BCUT2D eigenvalue weighted by atomic mass is 10.1. The molecule has 7 nitrogen and oxygen atoms in total. The molecule has 0 saturated carbocycles. The zero-order chi connectivity index (χ0) is 10.7. The highest BCUT2D eigenvalue weighted by atomic mass is 16.5. The number of carboxylic acids is 1. The van der Waals surface area contributed by atoms with Crippen molar-refractivity contribution in [1.29, 1.82) is 0 Å². The lowest BCUT2D eigenvalue weighted by Crippen LogP contribution is -2.13. The Bertz CT molecular complexity index is 345. The number of hydrogen-bond donors (Lipinski definition) is 1. The van der Waals surface area contributed by atoms with Gasteiger partial charge in [-0.3, -0.25) is 4.79 Å². The second-order valence-electron chi connectivity index (χ2n) is 3.46. The van der Waals surface area contributed by atoms with E-state index in [9.17, 15) is 4.79 Å². The van der Waals surface area contributed by atoms with Crippen molar-refractivity contribution in [2.24, 2.45) is 0 Å². The monoisotopic (exact) mass is 212 g/mol. The first-order valence-electron chi connectivity index (χ1n) is 4.83. The quantitative estimate of drug-likeness (QED) is 0.733. The van der Waals surface area contributed by atoms with E-state index in [1.54, 1.807) is 4.68 Å². The number of tetrazole rings is 1. The Balaban J connectivity index is 2.04. The first-order valence-corrected chi connectivity index (χ1v) is 4.83. The maximum Gasteiger partial charge on any atom is 0.305 e. The van der Waals surface area contributed by atoms with Crippen molar-refractivity contribution >= 4 is 5.97 Å². The fraction of sp³-hybridized carbons (Fsp3) is 0.750. The van der Waals surface area contributed by atoms with E-state index in [4.69, 9.17) is 9.84 Å². The van der Waals surface area contributed by atoms with Gasteiger partial charge in [-0.25, -0.2) is 4.68 Å². The van der Waals surface area contributed by atoms with Crippen molar-refractivity contribution in [3.05, 3.63) is 5.82 Å². The van der Waals surface area contributed by atoms with Gasteiger partial charge in [-0.1, -0.05) is 0 Å². The number of carbonyl (C=O) groups is 1. The highest BCUT2D eigenvalue weighted by molar-refractivity contribution is 5.66. The molecule has 2 heterocycles. The van der Waals surface area contributed by atoms with Crippen molar-refractivity contribution in [3.63, 3.8) is 0 Å². The Morgan fingerprint density at radius 3 is 3.20 bits per heavy atom. The molecule has 1 saturated heterocycles. The smallest absolute Gasteiger partial charge is 0.305 e. The van der Waals surface area contributed by atoms with Crippen molar-refractivity contribution < 1.29 is 14.6 Å². The van der Waals surface area contributed by atoms with Crippen LogP contribution in [-0.2, 0) is 16.1 Å². The topological polar surface area (TPSA) is 90.1 Å². The van der Waals surface area contributed by atoms with Gasteiger partial charge in [0.2, 0.25) is 0 Å². The predicted molar refractivity (Wildman–Crippen MR) is 48.2 cm³/mol. The van der Waals surface area contributed by atoms with Gasteiger partial charge in [0, 0.05) is 12.5 Å². The van der Waals surface area contributed by atoms with Crippen LogP contribution in [0.15, 0.2) is 0 Å². The molecule has 82 valence electrons. The van der Waals surface area contributed by atoms with E-state index in [1.165, 1.54) is 0 Å². The molecule has 1 atom stereocenters. The van der Waals surface area contributed by atoms with Gasteiger partial charge >= 0.3 is 5.97 Å². The summed E-state index contributed by atoms with van der Waals surface area (Å²) in [5, 5.41) is 19.8. The van der Waals surface area contributed by atoms with E-state index in [1.807, 2.05) is 0 Å². The Labute approximate surface area is 86.0 Å². The van der Waals surface area contributed by atoms with Crippen LogP contribution in [0, 0.1) is 0 Å². The predicted octanol–water partition coefficient (Wildman–Crippen LogP) is -0.348. The highest BCUT2D eigenvalue weighted by Gasteiger charge is 2.23. The van der Waals surface area contributed by atoms with Crippen LogP contribution in [0.3, 0.4) is 0 Å². The first kappa shape index (κ1) is 10.0. The molecule has 2 rings (SSSR count). The molecular weight excluding hydrogens is 200 g/mol. The van der Waals surface area contributed by atoms with E-state index in [0.717, 1.165) is 18.9 Å². The van der Waals surface area contributed by atoms with Crippen molar-refractivity contribution in [2.45, 2.75) is 25.3 Å². The van der Waals surface area contributed by atoms with Crippen LogP contribution in [0.4, 0.5) is 0 Å². The minimum Gasteiger partial charge on any atom is -0.481 e. The Kier molecular flexibility index (Phi) is 2.91. The summed E-state index contributed by atoms with van der Waals surface area (Å²) in [6.45, 7) is 1.65. The third-order valence-electron chi connectivity index (χ3n) is 2.39. The van der Waals surface area contributed by atoms with Gasteiger partial charge in [0.1, 0.15) is 0 Å². The van der Waals surface area contributed by atoms with Crippen LogP contribution in [0.25, 0.3) is 0 Å². The summed E-state index contributed by atoms with van der Waals surface area (Å²) in [7, 11) is 0. The summed E-state index contributed by atoms with van der Waals surface area (Å²) in [4.78, 5) is 10.4. The van der Waals surface area contributed by atoms with E-state index in [2.05, 4.69) is 15.5 Å². The van der Waals surface area contributed by atoms with Crippen LogP contribution in [0.5, 0.6) is 0 Å². The van der Waals surface area contributed by atoms with Crippen molar-refractivity contribution in [1.82, 2.24) is 20.2 Å². The van der Waals surface area contributed by atoms with Crippen molar-refractivity contribution in [3.8, 4) is 0 Å². The van der Waals surface area contributed by atoms with Crippen molar-refractivity contribution in [2.75, 3.05) is 13.2 Å². The normalized spacial score (nSPS) is 20.7. The number of nitrogens with zero attached hydrogens (tertiary/aromatic N) is 4. The summed E-state index contributed by atoms with van der Waals surface area (Å²) in [5.74, 6) is 0.0849. The van der Waals surface area contributed by atoms with Crippen LogP contribution in [0.1, 0.15) is 24.6 Å². The standard InChI is InChI=1S/C8H12N4O3/c13-7(14)1-3-12-8(9-10-11-12)6-2-4-15-5-6/h6H,1-5H2,(H,13,14). The van der Waals surface area contributed by atoms with Gasteiger partial charge in [-0.15, -0.1) is 5.10 Å². The molecule has 1 aliphatic heterocycles. The van der Waals surface area contributed by atoms with Crippen LogP contribution >= 0.6 is 0 Å². The fourth-order valence-electron chi connectivity index (χ4n) is 1.60. The third kappa shape index (κ3) is 2.30. The molecule has 15 heavy (non-hydrogen) atoms. The van der Waals surface area contributed by atoms with Gasteiger partial charge in [0.15, 0.2) is 5.82 Å². The molecular formula is C8H12N4O3. The van der Waals surface area contributed by atoms with Gasteiger partial charge in [0.05, 0.1) is 19.6 Å². The minimum atomic E-state index is -0.848.